The quantitative estimate of drug-likeness (QED) is 0.473. The first-order chi connectivity index (χ1) is 5.86. The van der Waals surface area contributed by atoms with E-state index >= 15 is 0 Å². The zero-order valence-electron chi connectivity index (χ0n) is 6.54. The first kappa shape index (κ1) is 8.69. The van der Waals surface area contributed by atoms with Crippen molar-refractivity contribution in [3.63, 3.8) is 0 Å². The van der Waals surface area contributed by atoms with Crippen LogP contribution in [0.5, 0.6) is 0 Å². The van der Waals surface area contributed by atoms with Crippen molar-refractivity contribution >= 4 is 0 Å². The highest BCUT2D eigenvalue weighted by Crippen LogP contribution is 2.09. The molecular weight excluding hydrogens is 152 g/mol. The van der Waals surface area contributed by atoms with Crippen LogP contribution in [0.3, 0.4) is 0 Å². The van der Waals surface area contributed by atoms with Gasteiger partial charge in [0.1, 0.15) is 0 Å². The number of hydrogen-bond donors (Lipinski definition) is 0. The third kappa shape index (κ3) is 2.33. The van der Waals surface area contributed by atoms with E-state index in [4.69, 9.17) is 22.3 Å². The van der Waals surface area contributed by atoms with Gasteiger partial charge in [-0.3, -0.25) is 0 Å². The molecule has 12 heavy (non-hydrogen) atoms. The van der Waals surface area contributed by atoms with E-state index in [0.717, 1.165) is 0 Å². The second-order valence-electron chi connectivity index (χ2n) is 2.28. The fraction of sp³-hybridized carbons (Fsp3) is 0.400. The van der Waals surface area contributed by atoms with Crippen molar-refractivity contribution in [2.24, 2.45) is 5.92 Å². The molecule has 0 bridgehead atoms. The van der Waals surface area contributed by atoms with E-state index in [1.165, 1.54) is 0 Å². The van der Waals surface area contributed by atoms with Crippen LogP contribution in [0.1, 0.15) is 0 Å². The first-order valence-corrected chi connectivity index (χ1v) is 3.52. The molecule has 1 saturated heterocycles. The molecule has 60 valence electrons. The molecule has 2 nitrogen and oxygen atoms in total. The van der Waals surface area contributed by atoms with Crippen LogP contribution in [0.15, 0.2) is 0 Å². The van der Waals surface area contributed by atoms with E-state index in [9.17, 15) is 0 Å². The average molecular weight is 160 g/mol. The summed E-state index contributed by atoms with van der Waals surface area (Å²) in [4.78, 5) is 0. The lowest BCUT2D eigenvalue weighted by Crippen LogP contribution is -2.30. The van der Waals surface area contributed by atoms with Crippen LogP contribution in [0, 0.1) is 42.4 Å². The van der Waals surface area contributed by atoms with Crippen molar-refractivity contribution in [1.29, 1.82) is 0 Å². The van der Waals surface area contributed by atoms with Crippen molar-refractivity contribution < 1.29 is 9.47 Å². The Kier molecular flexibility index (Phi) is 3.24. The SMILES string of the molecule is C#CC#CC1COC(C#C)OC1. The average Bonchev–Trinajstić information content (AvgIpc) is 2.15. The Morgan fingerprint density at radius 2 is 1.83 bits per heavy atom. The molecule has 0 amide bonds. The van der Waals surface area contributed by atoms with E-state index in [1.807, 2.05) is 0 Å². The van der Waals surface area contributed by atoms with E-state index in [0.29, 0.717) is 13.2 Å². The second kappa shape index (κ2) is 4.47. The molecule has 0 aromatic rings. The minimum atomic E-state index is -0.520. The van der Waals surface area contributed by atoms with Crippen LogP contribution < -0.4 is 0 Å². The monoisotopic (exact) mass is 160 g/mol. The minimum absolute atomic E-state index is 0.0469. The summed E-state index contributed by atoms with van der Waals surface area (Å²) in [5.41, 5.74) is 0. The molecule has 0 spiro atoms. The van der Waals surface area contributed by atoms with Crippen LogP contribution >= 0.6 is 0 Å². The predicted molar refractivity (Wildman–Crippen MR) is 44.6 cm³/mol. The van der Waals surface area contributed by atoms with Crippen LogP contribution in [0.2, 0.25) is 0 Å². The van der Waals surface area contributed by atoms with Gasteiger partial charge >= 0.3 is 0 Å². The molecule has 0 atom stereocenters. The summed E-state index contributed by atoms with van der Waals surface area (Å²) in [6, 6.07) is 0. The molecule has 1 heterocycles. The zero-order valence-corrected chi connectivity index (χ0v) is 6.54. The van der Waals surface area contributed by atoms with Gasteiger partial charge in [0.2, 0.25) is 6.29 Å². The van der Waals surface area contributed by atoms with Gasteiger partial charge in [0, 0.05) is 0 Å². The molecule has 0 aliphatic carbocycles. The molecule has 1 aliphatic heterocycles. The molecule has 1 fully saturated rings. The maximum Gasteiger partial charge on any atom is 0.222 e. The van der Waals surface area contributed by atoms with Crippen molar-refractivity contribution in [1.82, 2.24) is 0 Å². The summed E-state index contributed by atoms with van der Waals surface area (Å²) >= 11 is 0. The van der Waals surface area contributed by atoms with Gasteiger partial charge in [0.05, 0.1) is 19.1 Å². The van der Waals surface area contributed by atoms with Crippen LogP contribution in [-0.2, 0) is 9.47 Å². The molecule has 1 aliphatic rings. The van der Waals surface area contributed by atoms with Crippen molar-refractivity contribution in [2.45, 2.75) is 6.29 Å². The summed E-state index contributed by atoms with van der Waals surface area (Å²) in [5, 5.41) is 0. The second-order valence-corrected chi connectivity index (χ2v) is 2.28. The van der Waals surface area contributed by atoms with Gasteiger partial charge in [-0.25, -0.2) is 0 Å². The van der Waals surface area contributed by atoms with Crippen LogP contribution in [-0.4, -0.2) is 19.5 Å². The van der Waals surface area contributed by atoms with E-state index in [1.54, 1.807) is 0 Å². The van der Waals surface area contributed by atoms with Crippen molar-refractivity contribution in [3.05, 3.63) is 0 Å². The Balaban J connectivity index is 2.38. The van der Waals surface area contributed by atoms with Gasteiger partial charge in [0.25, 0.3) is 0 Å². The van der Waals surface area contributed by atoms with Gasteiger partial charge in [-0.05, 0) is 17.8 Å². The Hall–Kier alpha value is -1.40. The minimum Gasteiger partial charge on any atom is -0.341 e. The highest BCUT2D eigenvalue weighted by atomic mass is 16.7. The first-order valence-electron chi connectivity index (χ1n) is 3.52. The molecule has 0 N–H and O–H groups in total. The van der Waals surface area contributed by atoms with Gasteiger partial charge in [0.15, 0.2) is 0 Å². The third-order valence-electron chi connectivity index (χ3n) is 1.38. The maximum atomic E-state index is 5.11. The predicted octanol–water partition coefficient (Wildman–Crippen LogP) is 0.245. The lowest BCUT2D eigenvalue weighted by molar-refractivity contribution is -0.158. The van der Waals surface area contributed by atoms with Crippen LogP contribution in [0.4, 0.5) is 0 Å². The summed E-state index contributed by atoms with van der Waals surface area (Å²) in [6.45, 7) is 0.979. The smallest absolute Gasteiger partial charge is 0.222 e. The molecular formula is C10H8O2. The van der Waals surface area contributed by atoms with Gasteiger partial charge in [-0.15, -0.1) is 12.8 Å². The lowest BCUT2D eigenvalue weighted by atomic mass is 10.2. The van der Waals surface area contributed by atoms with E-state index in [-0.39, 0.29) is 5.92 Å². The highest BCUT2D eigenvalue weighted by Gasteiger charge is 2.18. The maximum absolute atomic E-state index is 5.11. The molecule has 0 aromatic carbocycles. The lowest BCUT2D eigenvalue weighted by Gasteiger charge is -2.22. The van der Waals surface area contributed by atoms with Gasteiger partial charge < -0.3 is 9.47 Å². The number of ether oxygens (including phenoxy) is 2. The molecule has 0 aromatic heterocycles. The molecule has 0 unspecified atom stereocenters. The summed E-state index contributed by atoms with van der Waals surface area (Å²) in [7, 11) is 0. The largest absolute Gasteiger partial charge is 0.341 e. The molecule has 1 rings (SSSR count). The molecule has 0 radical (unpaired) electrons. The zero-order chi connectivity index (χ0) is 8.81. The highest BCUT2D eigenvalue weighted by molar-refractivity contribution is 5.23. The fourth-order valence-electron chi connectivity index (χ4n) is 0.827. The Morgan fingerprint density at radius 1 is 1.17 bits per heavy atom. The molecule has 0 saturated carbocycles. The van der Waals surface area contributed by atoms with Crippen LogP contribution in [0.25, 0.3) is 0 Å². The van der Waals surface area contributed by atoms with Gasteiger partial charge in [-0.2, -0.15) is 0 Å². The molecule has 2 heteroatoms. The van der Waals surface area contributed by atoms with Crippen molar-refractivity contribution in [3.8, 4) is 36.5 Å². The van der Waals surface area contributed by atoms with E-state index < -0.39 is 6.29 Å². The Labute approximate surface area is 72.2 Å². The number of terminal acetylenes is 2. The summed E-state index contributed by atoms with van der Waals surface area (Å²) < 4.78 is 10.2. The topological polar surface area (TPSA) is 18.5 Å². The van der Waals surface area contributed by atoms with Gasteiger partial charge in [-0.1, -0.05) is 5.92 Å². The normalized spacial score (nSPS) is 27.5. The van der Waals surface area contributed by atoms with E-state index in [2.05, 4.69) is 23.7 Å². The summed E-state index contributed by atoms with van der Waals surface area (Å²) in [5.74, 6) is 9.95. The number of hydrogen-bond acceptors (Lipinski definition) is 2. The van der Waals surface area contributed by atoms with Crippen molar-refractivity contribution in [2.75, 3.05) is 13.2 Å². The Morgan fingerprint density at radius 3 is 2.33 bits per heavy atom. The standard InChI is InChI=1S/C10H8O2/c1-3-5-6-9-7-11-10(4-2)12-8-9/h1-2,9-10H,7-8H2. The number of rotatable bonds is 0. The Bertz CT molecular complexity index is 274. The fourth-order valence-corrected chi connectivity index (χ4v) is 0.827. The third-order valence-corrected chi connectivity index (χ3v) is 1.38. The summed E-state index contributed by atoms with van der Waals surface area (Å²) in [6.07, 6.45) is 9.52.